The van der Waals surface area contributed by atoms with Crippen LogP contribution in [0.5, 0.6) is 5.75 Å². The highest BCUT2D eigenvalue weighted by molar-refractivity contribution is 5.76. The number of ether oxygens (including phenoxy) is 2. The van der Waals surface area contributed by atoms with Gasteiger partial charge in [-0.05, 0) is 30.9 Å². The van der Waals surface area contributed by atoms with Crippen LogP contribution in [0.4, 0.5) is 0 Å². The quantitative estimate of drug-likeness (QED) is 0.768. The van der Waals surface area contributed by atoms with Gasteiger partial charge in [0.25, 0.3) is 0 Å². The van der Waals surface area contributed by atoms with Crippen LogP contribution in [0.2, 0.25) is 0 Å². The van der Waals surface area contributed by atoms with E-state index in [9.17, 15) is 4.79 Å². The summed E-state index contributed by atoms with van der Waals surface area (Å²) in [6.45, 7) is 2.57. The van der Waals surface area contributed by atoms with Crippen molar-refractivity contribution in [3.05, 3.63) is 29.8 Å². The van der Waals surface area contributed by atoms with Crippen LogP contribution in [0.25, 0.3) is 0 Å². The first-order valence-corrected chi connectivity index (χ1v) is 9.07. The summed E-state index contributed by atoms with van der Waals surface area (Å²) in [5, 5.41) is 12.2. The Morgan fingerprint density at radius 2 is 2.24 bits per heavy atom. The summed E-state index contributed by atoms with van der Waals surface area (Å²) in [6, 6.07) is 8.39. The minimum atomic E-state index is 0.0866. The molecule has 2 N–H and O–H groups in total. The molecule has 1 amide bonds. The topological polar surface area (TPSA) is 71.0 Å². The fraction of sp³-hybridized carbons (Fsp3) is 0.632. The number of nitrogens with one attached hydrogen (secondary N) is 1. The highest BCUT2D eigenvalue weighted by Crippen LogP contribution is 2.24. The number of carbonyl (C=O) groups excluding carboxylic acids is 1. The fourth-order valence-electron chi connectivity index (χ4n) is 3.82. The number of carbonyl (C=O) groups is 1. The van der Waals surface area contributed by atoms with Gasteiger partial charge in [-0.2, -0.15) is 0 Å². The first-order valence-electron chi connectivity index (χ1n) is 9.07. The Kier molecular flexibility index (Phi) is 6.29. The van der Waals surface area contributed by atoms with Gasteiger partial charge in [0.1, 0.15) is 5.75 Å². The number of hydrogen-bond acceptors (Lipinski definition) is 5. The number of rotatable bonds is 7. The van der Waals surface area contributed by atoms with Crippen molar-refractivity contribution in [2.24, 2.45) is 0 Å². The largest absolute Gasteiger partial charge is 0.496 e. The zero-order chi connectivity index (χ0) is 17.6. The van der Waals surface area contributed by atoms with E-state index in [1.807, 2.05) is 24.3 Å². The summed E-state index contributed by atoms with van der Waals surface area (Å²) in [7, 11) is 1.65. The molecule has 1 aromatic carbocycles. The summed E-state index contributed by atoms with van der Waals surface area (Å²) < 4.78 is 11.1. The van der Waals surface area contributed by atoms with Crippen LogP contribution in [0, 0.1) is 0 Å². The molecular weight excluding hydrogens is 320 g/mol. The molecule has 6 heteroatoms. The van der Waals surface area contributed by atoms with E-state index in [2.05, 4.69) is 10.2 Å². The Morgan fingerprint density at radius 1 is 1.40 bits per heavy atom. The minimum Gasteiger partial charge on any atom is -0.496 e. The molecule has 1 aromatic rings. The normalized spacial score (nSPS) is 26.2. The lowest BCUT2D eigenvalue weighted by Crippen LogP contribution is -2.46. The van der Waals surface area contributed by atoms with E-state index in [1.165, 1.54) is 0 Å². The van der Waals surface area contributed by atoms with E-state index in [0.29, 0.717) is 31.9 Å². The molecule has 2 fully saturated rings. The number of morpholine rings is 1. The zero-order valence-corrected chi connectivity index (χ0v) is 14.8. The molecule has 2 heterocycles. The van der Waals surface area contributed by atoms with Crippen molar-refractivity contribution < 1.29 is 19.4 Å². The number of hydrogen-bond donors (Lipinski definition) is 2. The molecule has 2 saturated heterocycles. The number of aliphatic hydroxyl groups is 1. The summed E-state index contributed by atoms with van der Waals surface area (Å²) in [5.41, 5.74) is 1.06. The van der Waals surface area contributed by atoms with Gasteiger partial charge < -0.3 is 19.9 Å². The third-order valence-corrected chi connectivity index (χ3v) is 5.12. The van der Waals surface area contributed by atoms with Crippen molar-refractivity contribution in [2.45, 2.75) is 43.9 Å². The Morgan fingerprint density at radius 3 is 3.04 bits per heavy atom. The SMILES string of the molecule is COc1ccccc1CCC(=O)N[C@@H]1C[C@H]2CO[C@@H](CCO)CN2C1. The molecule has 0 aliphatic carbocycles. The van der Waals surface area contributed by atoms with Crippen molar-refractivity contribution >= 4 is 5.91 Å². The van der Waals surface area contributed by atoms with E-state index in [0.717, 1.165) is 30.8 Å². The molecule has 3 atom stereocenters. The van der Waals surface area contributed by atoms with E-state index in [1.54, 1.807) is 7.11 Å². The van der Waals surface area contributed by atoms with Gasteiger partial charge in [0.05, 0.1) is 19.8 Å². The number of methoxy groups -OCH3 is 1. The standard InChI is InChI=1S/C19H28N2O4/c1-24-18-5-3-2-4-14(18)6-7-19(23)20-15-10-16-13-25-17(8-9-22)12-21(16)11-15/h2-5,15-17,22H,6-13H2,1H3,(H,20,23)/t15-,16+,17+/m1/s1. The maximum atomic E-state index is 12.3. The molecule has 0 aromatic heterocycles. The number of benzene rings is 1. The van der Waals surface area contributed by atoms with Crippen LogP contribution >= 0.6 is 0 Å². The van der Waals surface area contributed by atoms with Gasteiger partial charge in [-0.3, -0.25) is 9.69 Å². The zero-order valence-electron chi connectivity index (χ0n) is 14.8. The molecule has 0 spiro atoms. The third-order valence-electron chi connectivity index (χ3n) is 5.12. The lowest BCUT2D eigenvalue weighted by Gasteiger charge is -2.34. The number of fused-ring (bicyclic) bond motifs is 1. The van der Waals surface area contributed by atoms with Crippen molar-refractivity contribution in [1.29, 1.82) is 0 Å². The molecule has 0 bridgehead atoms. The predicted molar refractivity (Wildman–Crippen MR) is 94.7 cm³/mol. The second kappa shape index (κ2) is 8.65. The molecule has 6 nitrogen and oxygen atoms in total. The molecule has 0 saturated carbocycles. The number of aliphatic hydroxyl groups excluding tert-OH is 1. The average Bonchev–Trinajstić information content (AvgIpc) is 3.02. The summed E-state index contributed by atoms with van der Waals surface area (Å²) >= 11 is 0. The van der Waals surface area contributed by atoms with Crippen LogP contribution < -0.4 is 10.1 Å². The minimum absolute atomic E-state index is 0.0866. The molecule has 0 radical (unpaired) electrons. The van der Waals surface area contributed by atoms with Crippen LogP contribution in [0.3, 0.4) is 0 Å². The van der Waals surface area contributed by atoms with Gasteiger partial charge >= 0.3 is 0 Å². The Balaban J connectivity index is 1.45. The van der Waals surface area contributed by atoms with Gasteiger partial charge in [0.15, 0.2) is 0 Å². The smallest absolute Gasteiger partial charge is 0.220 e. The predicted octanol–water partition coefficient (Wildman–Crippen LogP) is 0.968. The van der Waals surface area contributed by atoms with E-state index < -0.39 is 0 Å². The van der Waals surface area contributed by atoms with Crippen molar-refractivity contribution in [3.63, 3.8) is 0 Å². The number of para-hydroxylation sites is 1. The van der Waals surface area contributed by atoms with E-state index >= 15 is 0 Å². The maximum Gasteiger partial charge on any atom is 0.220 e. The van der Waals surface area contributed by atoms with Crippen LogP contribution in [0.15, 0.2) is 24.3 Å². The monoisotopic (exact) mass is 348 g/mol. The van der Waals surface area contributed by atoms with Crippen molar-refractivity contribution in [1.82, 2.24) is 10.2 Å². The molecule has 138 valence electrons. The van der Waals surface area contributed by atoms with Gasteiger partial charge in [-0.25, -0.2) is 0 Å². The average molecular weight is 348 g/mol. The molecule has 3 rings (SSSR count). The van der Waals surface area contributed by atoms with Gasteiger partial charge in [0.2, 0.25) is 5.91 Å². The van der Waals surface area contributed by atoms with Crippen LogP contribution in [0.1, 0.15) is 24.8 Å². The van der Waals surface area contributed by atoms with Gasteiger partial charge in [-0.15, -0.1) is 0 Å². The Hall–Kier alpha value is -1.63. The van der Waals surface area contributed by atoms with Crippen molar-refractivity contribution in [2.75, 3.05) is 33.4 Å². The number of nitrogens with zero attached hydrogens (tertiary/aromatic N) is 1. The maximum absolute atomic E-state index is 12.3. The first kappa shape index (κ1) is 18.2. The summed E-state index contributed by atoms with van der Waals surface area (Å²) in [6.07, 6.45) is 2.87. The van der Waals surface area contributed by atoms with Gasteiger partial charge in [-0.1, -0.05) is 18.2 Å². The lowest BCUT2D eigenvalue weighted by atomic mass is 10.1. The highest BCUT2D eigenvalue weighted by atomic mass is 16.5. The first-order chi connectivity index (χ1) is 12.2. The van der Waals surface area contributed by atoms with E-state index in [4.69, 9.17) is 14.6 Å². The van der Waals surface area contributed by atoms with E-state index in [-0.39, 0.29) is 24.7 Å². The Labute approximate surface area is 149 Å². The van der Waals surface area contributed by atoms with Crippen LogP contribution in [-0.2, 0) is 16.0 Å². The molecular formula is C19H28N2O4. The number of aryl methyl sites for hydroxylation is 1. The summed E-state index contributed by atoms with van der Waals surface area (Å²) in [4.78, 5) is 14.7. The fourth-order valence-corrected chi connectivity index (χ4v) is 3.82. The molecule has 0 unspecified atom stereocenters. The van der Waals surface area contributed by atoms with Gasteiger partial charge in [0, 0.05) is 38.2 Å². The molecule has 2 aliphatic heterocycles. The highest BCUT2D eigenvalue weighted by Gasteiger charge is 2.37. The second-order valence-corrected chi connectivity index (χ2v) is 6.89. The van der Waals surface area contributed by atoms with Crippen LogP contribution in [-0.4, -0.2) is 67.5 Å². The molecule has 2 aliphatic rings. The lowest BCUT2D eigenvalue weighted by molar-refractivity contribution is -0.121. The number of amides is 1. The molecule has 25 heavy (non-hydrogen) atoms. The van der Waals surface area contributed by atoms with Crippen molar-refractivity contribution in [3.8, 4) is 5.75 Å². The second-order valence-electron chi connectivity index (χ2n) is 6.89. The summed E-state index contributed by atoms with van der Waals surface area (Å²) in [5.74, 6) is 0.920. The third kappa shape index (κ3) is 4.71. The Bertz CT molecular complexity index is 580.